The second-order valence-electron chi connectivity index (χ2n) is 14.9. The Balaban J connectivity index is 1.02. The summed E-state index contributed by atoms with van der Waals surface area (Å²) >= 11 is 0. The van der Waals surface area contributed by atoms with Crippen molar-refractivity contribution in [3.05, 3.63) is 200 Å². The number of fused-ring (bicyclic) bond motifs is 9. The van der Waals surface area contributed by atoms with Crippen molar-refractivity contribution in [1.82, 2.24) is 4.57 Å². The van der Waals surface area contributed by atoms with Crippen molar-refractivity contribution < 1.29 is 8.83 Å². The zero-order valence-corrected chi connectivity index (χ0v) is 30.8. The summed E-state index contributed by atoms with van der Waals surface area (Å²) in [5.74, 6) is 0. The maximum Gasteiger partial charge on any atom is 0.143 e. The number of furan rings is 2. The number of benzene rings is 9. The number of hydrogen-bond donors (Lipinski definition) is 0. The van der Waals surface area contributed by atoms with E-state index in [9.17, 15) is 0 Å². The van der Waals surface area contributed by atoms with Gasteiger partial charge in [-0.05, 0) is 112 Å². The van der Waals surface area contributed by atoms with Crippen LogP contribution in [-0.2, 0) is 0 Å². The standard InChI is InChI=1S/C54H33NO2/c1-3-12-34(13-4-1)38-28-39(36-23-26-53-46(31-36)45-19-11-18-42(54(45)57-53)35-14-5-2-6-15-35)30-40(29-38)37-22-25-51-47(32-37)48-33-41(24-27-52(48)56-51)55-49-20-9-7-16-43(49)44-17-8-10-21-50(44)55/h1-33H. The van der Waals surface area contributed by atoms with Gasteiger partial charge in [0.2, 0.25) is 0 Å². The van der Waals surface area contributed by atoms with Crippen molar-refractivity contribution in [2.75, 3.05) is 0 Å². The van der Waals surface area contributed by atoms with Crippen LogP contribution in [0.3, 0.4) is 0 Å². The number of nitrogens with zero attached hydrogens (tertiary/aromatic N) is 1. The van der Waals surface area contributed by atoms with Gasteiger partial charge in [-0.25, -0.2) is 0 Å². The highest BCUT2D eigenvalue weighted by atomic mass is 16.3. The van der Waals surface area contributed by atoms with Gasteiger partial charge in [-0.3, -0.25) is 0 Å². The van der Waals surface area contributed by atoms with Gasteiger partial charge in [0, 0.05) is 43.6 Å². The summed E-state index contributed by atoms with van der Waals surface area (Å²) in [4.78, 5) is 0. The molecule has 0 N–H and O–H groups in total. The molecule has 0 saturated carbocycles. The third kappa shape index (κ3) is 5.06. The van der Waals surface area contributed by atoms with Gasteiger partial charge in [0.25, 0.3) is 0 Å². The van der Waals surface area contributed by atoms with Gasteiger partial charge in [0.15, 0.2) is 0 Å². The van der Waals surface area contributed by atoms with Gasteiger partial charge in [0.1, 0.15) is 22.3 Å². The Labute approximate surface area is 328 Å². The molecular weight excluding hydrogens is 695 g/mol. The van der Waals surface area contributed by atoms with E-state index in [4.69, 9.17) is 8.83 Å². The maximum atomic E-state index is 6.55. The topological polar surface area (TPSA) is 31.2 Å². The lowest BCUT2D eigenvalue weighted by Crippen LogP contribution is -1.93. The second-order valence-corrected chi connectivity index (χ2v) is 14.9. The summed E-state index contributed by atoms with van der Waals surface area (Å²) < 4.78 is 15.4. The third-order valence-electron chi connectivity index (χ3n) is 11.6. The van der Waals surface area contributed by atoms with E-state index in [1.807, 2.05) is 6.07 Å². The Bertz CT molecular complexity index is 3460. The molecule has 9 aromatic carbocycles. The monoisotopic (exact) mass is 727 g/mol. The first-order chi connectivity index (χ1) is 28.2. The number of hydrogen-bond acceptors (Lipinski definition) is 2. The molecule has 0 radical (unpaired) electrons. The zero-order chi connectivity index (χ0) is 37.5. The second kappa shape index (κ2) is 12.5. The Morgan fingerprint density at radius 3 is 1.42 bits per heavy atom. The molecule has 0 aliphatic rings. The predicted molar refractivity (Wildman–Crippen MR) is 237 cm³/mol. The predicted octanol–water partition coefficient (Wildman–Crippen LogP) is 15.3. The number of rotatable bonds is 5. The average molecular weight is 728 g/mol. The van der Waals surface area contributed by atoms with Gasteiger partial charge in [-0.1, -0.05) is 127 Å². The summed E-state index contributed by atoms with van der Waals surface area (Å²) in [7, 11) is 0. The van der Waals surface area contributed by atoms with Gasteiger partial charge >= 0.3 is 0 Å². The van der Waals surface area contributed by atoms with Crippen LogP contribution in [0, 0.1) is 0 Å². The normalized spacial score (nSPS) is 11.9. The minimum absolute atomic E-state index is 0.875. The van der Waals surface area contributed by atoms with Crippen LogP contribution in [-0.4, -0.2) is 4.57 Å². The van der Waals surface area contributed by atoms with Gasteiger partial charge in [0.05, 0.1) is 11.0 Å². The lowest BCUT2D eigenvalue weighted by molar-refractivity contribution is 0.669. The van der Waals surface area contributed by atoms with Crippen molar-refractivity contribution in [1.29, 1.82) is 0 Å². The van der Waals surface area contributed by atoms with Crippen molar-refractivity contribution in [2.24, 2.45) is 0 Å². The molecular formula is C54H33NO2. The highest BCUT2D eigenvalue weighted by Gasteiger charge is 2.17. The molecule has 0 unspecified atom stereocenters. The SMILES string of the molecule is c1ccc(-c2cc(-c3ccc4oc5ccc(-n6c7ccccc7c7ccccc76)cc5c4c3)cc(-c3ccc4oc5c(-c6ccccc6)cccc5c4c3)c2)cc1. The Morgan fingerprint density at radius 1 is 0.281 bits per heavy atom. The zero-order valence-electron chi connectivity index (χ0n) is 30.8. The first kappa shape index (κ1) is 31.7. The Hall–Kier alpha value is -7.62. The van der Waals surface area contributed by atoms with E-state index in [1.165, 1.54) is 27.4 Å². The summed E-state index contributed by atoms with van der Waals surface area (Å²) in [6.07, 6.45) is 0. The summed E-state index contributed by atoms with van der Waals surface area (Å²) in [6.45, 7) is 0. The van der Waals surface area contributed by atoms with Crippen LogP contribution in [0.5, 0.6) is 0 Å². The Kier molecular flexibility index (Phi) is 6.93. The van der Waals surface area contributed by atoms with Crippen molar-refractivity contribution >= 4 is 65.7 Å². The summed E-state index contributed by atoms with van der Waals surface area (Å²) in [5.41, 5.74) is 16.2. The van der Waals surface area contributed by atoms with E-state index in [-0.39, 0.29) is 0 Å². The van der Waals surface area contributed by atoms with E-state index in [0.717, 1.165) is 88.5 Å². The number of aromatic nitrogens is 1. The highest BCUT2D eigenvalue weighted by molar-refractivity contribution is 6.12. The third-order valence-corrected chi connectivity index (χ3v) is 11.6. The minimum Gasteiger partial charge on any atom is -0.456 e. The number of para-hydroxylation sites is 3. The van der Waals surface area contributed by atoms with Crippen LogP contribution in [0.2, 0.25) is 0 Å². The fourth-order valence-corrected chi connectivity index (χ4v) is 8.87. The largest absolute Gasteiger partial charge is 0.456 e. The van der Waals surface area contributed by atoms with E-state index >= 15 is 0 Å². The minimum atomic E-state index is 0.875. The van der Waals surface area contributed by atoms with Crippen LogP contribution >= 0.6 is 0 Å². The van der Waals surface area contributed by atoms with Gasteiger partial charge < -0.3 is 13.4 Å². The van der Waals surface area contributed by atoms with Crippen molar-refractivity contribution in [3.8, 4) is 50.2 Å². The molecule has 3 heteroatoms. The first-order valence-electron chi connectivity index (χ1n) is 19.4. The highest BCUT2D eigenvalue weighted by Crippen LogP contribution is 2.41. The van der Waals surface area contributed by atoms with E-state index in [1.54, 1.807) is 0 Å². The molecule has 12 rings (SSSR count). The van der Waals surface area contributed by atoms with Crippen LogP contribution in [0.1, 0.15) is 0 Å². The molecule has 12 aromatic rings. The molecule has 0 saturated heterocycles. The molecule has 3 nitrogen and oxygen atoms in total. The van der Waals surface area contributed by atoms with Crippen molar-refractivity contribution in [2.45, 2.75) is 0 Å². The molecule has 266 valence electrons. The quantitative estimate of drug-likeness (QED) is 0.177. The molecule has 57 heavy (non-hydrogen) atoms. The lowest BCUT2D eigenvalue weighted by Gasteiger charge is -2.12. The fourth-order valence-electron chi connectivity index (χ4n) is 8.87. The first-order valence-corrected chi connectivity index (χ1v) is 19.4. The molecule has 3 heterocycles. The molecule has 0 aliphatic carbocycles. The molecule has 0 spiro atoms. The summed E-state index contributed by atoms with van der Waals surface area (Å²) in [6, 6.07) is 71.5. The van der Waals surface area contributed by atoms with Gasteiger partial charge in [-0.2, -0.15) is 0 Å². The maximum absolute atomic E-state index is 6.55. The van der Waals surface area contributed by atoms with E-state index in [2.05, 4.69) is 199 Å². The molecule has 0 atom stereocenters. The summed E-state index contributed by atoms with van der Waals surface area (Å²) in [5, 5.41) is 6.91. The molecule has 0 bridgehead atoms. The van der Waals surface area contributed by atoms with Crippen LogP contribution < -0.4 is 0 Å². The van der Waals surface area contributed by atoms with Crippen molar-refractivity contribution in [3.63, 3.8) is 0 Å². The van der Waals surface area contributed by atoms with Crippen LogP contribution in [0.25, 0.3) is 116 Å². The fraction of sp³-hybridized carbons (Fsp3) is 0. The Morgan fingerprint density at radius 2 is 0.772 bits per heavy atom. The lowest BCUT2D eigenvalue weighted by atomic mass is 9.92. The van der Waals surface area contributed by atoms with Crippen LogP contribution in [0.4, 0.5) is 0 Å². The average Bonchev–Trinajstić information content (AvgIpc) is 3.95. The molecule has 3 aromatic heterocycles. The molecule has 0 fully saturated rings. The molecule has 0 aliphatic heterocycles. The molecule has 0 amide bonds. The smallest absolute Gasteiger partial charge is 0.143 e. The van der Waals surface area contributed by atoms with Gasteiger partial charge in [-0.15, -0.1) is 0 Å². The van der Waals surface area contributed by atoms with E-state index < -0.39 is 0 Å². The van der Waals surface area contributed by atoms with Crippen LogP contribution in [0.15, 0.2) is 209 Å². The van der Waals surface area contributed by atoms with E-state index in [0.29, 0.717) is 0 Å².